The lowest BCUT2D eigenvalue weighted by molar-refractivity contribution is 0.311. The van der Waals surface area contributed by atoms with Crippen LogP contribution in [0.4, 0.5) is 0 Å². The Morgan fingerprint density at radius 3 is 2.50 bits per heavy atom. The molecule has 0 aromatic rings. The van der Waals surface area contributed by atoms with Crippen LogP contribution in [0.5, 0.6) is 0 Å². The number of hydrogen-bond donors (Lipinski definition) is 0. The van der Waals surface area contributed by atoms with Gasteiger partial charge in [-0.15, -0.1) is 0 Å². The SMILES string of the molecule is CCC1(C)C=CN(C(C)C)N=C1. The summed E-state index contributed by atoms with van der Waals surface area (Å²) < 4.78 is 0. The molecule has 2 nitrogen and oxygen atoms in total. The summed E-state index contributed by atoms with van der Waals surface area (Å²) in [6.07, 6.45) is 7.44. The Labute approximate surface area is 75.0 Å². The van der Waals surface area contributed by atoms with Crippen molar-refractivity contribution in [1.82, 2.24) is 5.01 Å². The zero-order chi connectivity index (χ0) is 9.19. The number of rotatable bonds is 2. The van der Waals surface area contributed by atoms with Crippen molar-refractivity contribution >= 4 is 6.21 Å². The monoisotopic (exact) mass is 166 g/mol. The van der Waals surface area contributed by atoms with Crippen molar-refractivity contribution in [3.63, 3.8) is 0 Å². The van der Waals surface area contributed by atoms with Crippen LogP contribution in [-0.4, -0.2) is 17.3 Å². The molecular formula is C10H18N2. The number of allylic oxidation sites excluding steroid dienone is 1. The molecule has 12 heavy (non-hydrogen) atoms. The Kier molecular flexibility index (Phi) is 2.55. The average molecular weight is 166 g/mol. The Balaban J connectivity index is 2.66. The first kappa shape index (κ1) is 9.30. The third-order valence-electron chi connectivity index (χ3n) is 2.38. The van der Waals surface area contributed by atoms with Crippen LogP contribution in [0.2, 0.25) is 0 Å². The average Bonchev–Trinajstić information content (AvgIpc) is 2.05. The maximum Gasteiger partial charge on any atom is 0.0462 e. The van der Waals surface area contributed by atoms with Gasteiger partial charge < -0.3 is 0 Å². The quantitative estimate of drug-likeness (QED) is 0.615. The number of nitrogens with zero attached hydrogens (tertiary/aromatic N) is 2. The van der Waals surface area contributed by atoms with Gasteiger partial charge in [-0.3, -0.25) is 5.01 Å². The van der Waals surface area contributed by atoms with Crippen LogP contribution < -0.4 is 0 Å². The van der Waals surface area contributed by atoms with E-state index in [0.29, 0.717) is 6.04 Å². The molecule has 0 aliphatic carbocycles. The van der Waals surface area contributed by atoms with E-state index in [0.717, 1.165) is 6.42 Å². The van der Waals surface area contributed by atoms with E-state index in [-0.39, 0.29) is 5.41 Å². The highest BCUT2D eigenvalue weighted by atomic mass is 15.5. The molecule has 2 heteroatoms. The first-order chi connectivity index (χ1) is 5.57. The third-order valence-corrected chi connectivity index (χ3v) is 2.38. The van der Waals surface area contributed by atoms with Crippen LogP contribution in [0, 0.1) is 5.41 Å². The molecule has 68 valence electrons. The van der Waals surface area contributed by atoms with Gasteiger partial charge in [0.15, 0.2) is 0 Å². The van der Waals surface area contributed by atoms with Crippen molar-refractivity contribution < 1.29 is 0 Å². The lowest BCUT2D eigenvalue weighted by atomic mass is 9.88. The van der Waals surface area contributed by atoms with Gasteiger partial charge in [0.05, 0.1) is 0 Å². The van der Waals surface area contributed by atoms with Crippen LogP contribution in [0.1, 0.15) is 34.1 Å². The molecule has 1 atom stereocenters. The molecule has 0 fully saturated rings. The second-order valence-corrected chi connectivity index (χ2v) is 3.89. The van der Waals surface area contributed by atoms with Gasteiger partial charge in [-0.25, -0.2) is 0 Å². The first-order valence-electron chi connectivity index (χ1n) is 4.60. The topological polar surface area (TPSA) is 15.6 Å². The summed E-state index contributed by atoms with van der Waals surface area (Å²) in [4.78, 5) is 0. The molecule has 1 heterocycles. The second-order valence-electron chi connectivity index (χ2n) is 3.89. The van der Waals surface area contributed by atoms with Crippen molar-refractivity contribution in [3.05, 3.63) is 12.3 Å². The smallest absolute Gasteiger partial charge is 0.0462 e. The minimum absolute atomic E-state index is 0.172. The van der Waals surface area contributed by atoms with E-state index in [2.05, 4.69) is 45.1 Å². The molecule has 0 amide bonds. The van der Waals surface area contributed by atoms with E-state index in [4.69, 9.17) is 0 Å². The molecule has 0 radical (unpaired) electrons. The van der Waals surface area contributed by atoms with E-state index in [1.165, 1.54) is 0 Å². The predicted octanol–water partition coefficient (Wildman–Crippen LogP) is 2.63. The molecule has 0 N–H and O–H groups in total. The third kappa shape index (κ3) is 1.87. The van der Waals surface area contributed by atoms with Crippen LogP contribution in [0.3, 0.4) is 0 Å². The highest BCUT2D eigenvalue weighted by molar-refractivity contribution is 5.68. The van der Waals surface area contributed by atoms with Gasteiger partial charge in [0, 0.05) is 23.9 Å². The molecule has 1 unspecified atom stereocenters. The zero-order valence-electron chi connectivity index (χ0n) is 8.41. The van der Waals surface area contributed by atoms with Crippen LogP contribution >= 0.6 is 0 Å². The molecule has 0 bridgehead atoms. The van der Waals surface area contributed by atoms with Gasteiger partial charge in [-0.2, -0.15) is 5.10 Å². The fourth-order valence-electron chi connectivity index (χ4n) is 1.04. The molecule has 0 aromatic heterocycles. The zero-order valence-corrected chi connectivity index (χ0v) is 8.41. The van der Waals surface area contributed by atoms with Gasteiger partial charge in [-0.1, -0.05) is 19.9 Å². The fourth-order valence-corrected chi connectivity index (χ4v) is 1.04. The second kappa shape index (κ2) is 3.30. The fraction of sp³-hybridized carbons (Fsp3) is 0.700. The predicted molar refractivity (Wildman–Crippen MR) is 53.0 cm³/mol. The molecular weight excluding hydrogens is 148 g/mol. The molecule has 1 rings (SSSR count). The van der Waals surface area contributed by atoms with Gasteiger partial charge in [0.2, 0.25) is 0 Å². The van der Waals surface area contributed by atoms with Crippen LogP contribution in [0.25, 0.3) is 0 Å². The Morgan fingerprint density at radius 2 is 2.17 bits per heavy atom. The highest BCUT2D eigenvalue weighted by Crippen LogP contribution is 2.24. The lowest BCUT2D eigenvalue weighted by Gasteiger charge is -2.28. The molecule has 1 aliphatic rings. The Hall–Kier alpha value is -0.790. The normalized spacial score (nSPS) is 28.6. The number of hydrogen-bond acceptors (Lipinski definition) is 2. The summed E-state index contributed by atoms with van der Waals surface area (Å²) in [5.74, 6) is 0. The maximum atomic E-state index is 4.37. The van der Waals surface area contributed by atoms with Gasteiger partial charge in [-0.05, 0) is 20.3 Å². The summed E-state index contributed by atoms with van der Waals surface area (Å²) >= 11 is 0. The molecule has 0 saturated heterocycles. The van der Waals surface area contributed by atoms with E-state index in [9.17, 15) is 0 Å². The summed E-state index contributed by atoms with van der Waals surface area (Å²) in [6, 6.07) is 0.457. The summed E-state index contributed by atoms with van der Waals surface area (Å²) in [5, 5.41) is 6.36. The summed E-state index contributed by atoms with van der Waals surface area (Å²) in [7, 11) is 0. The van der Waals surface area contributed by atoms with E-state index < -0.39 is 0 Å². The highest BCUT2D eigenvalue weighted by Gasteiger charge is 2.20. The summed E-state index contributed by atoms with van der Waals surface area (Å²) in [6.45, 7) is 8.65. The van der Waals surface area contributed by atoms with Gasteiger partial charge in [0.25, 0.3) is 0 Å². The van der Waals surface area contributed by atoms with Crippen molar-refractivity contribution in [2.45, 2.75) is 40.2 Å². The van der Waals surface area contributed by atoms with Crippen molar-refractivity contribution in [2.75, 3.05) is 0 Å². The first-order valence-corrected chi connectivity index (χ1v) is 4.60. The Bertz CT molecular complexity index is 190. The number of hydrazone groups is 1. The standard InChI is InChI=1S/C10H18N2/c1-5-10(4)6-7-12(9(2)3)11-8-10/h6-9H,5H2,1-4H3. The maximum absolute atomic E-state index is 4.37. The van der Waals surface area contributed by atoms with Crippen molar-refractivity contribution in [1.29, 1.82) is 0 Å². The Morgan fingerprint density at radius 1 is 1.50 bits per heavy atom. The lowest BCUT2D eigenvalue weighted by Crippen LogP contribution is -2.27. The van der Waals surface area contributed by atoms with Crippen molar-refractivity contribution in [2.24, 2.45) is 10.5 Å². The van der Waals surface area contributed by atoms with Gasteiger partial charge >= 0.3 is 0 Å². The summed E-state index contributed by atoms with van der Waals surface area (Å²) in [5.41, 5.74) is 0.172. The largest absolute Gasteiger partial charge is 0.271 e. The van der Waals surface area contributed by atoms with E-state index in [1.54, 1.807) is 0 Å². The molecule has 0 aromatic carbocycles. The minimum Gasteiger partial charge on any atom is -0.271 e. The molecule has 0 saturated carbocycles. The molecule has 0 spiro atoms. The van der Waals surface area contributed by atoms with E-state index in [1.807, 2.05) is 11.2 Å². The molecule has 1 aliphatic heterocycles. The van der Waals surface area contributed by atoms with Crippen molar-refractivity contribution in [3.8, 4) is 0 Å². The van der Waals surface area contributed by atoms with E-state index >= 15 is 0 Å². The van der Waals surface area contributed by atoms with Crippen LogP contribution in [0.15, 0.2) is 17.4 Å². The van der Waals surface area contributed by atoms with Crippen LogP contribution in [-0.2, 0) is 0 Å². The van der Waals surface area contributed by atoms with Gasteiger partial charge in [0.1, 0.15) is 0 Å². The minimum atomic E-state index is 0.172.